The summed E-state index contributed by atoms with van der Waals surface area (Å²) in [7, 11) is 0. The highest BCUT2D eigenvalue weighted by molar-refractivity contribution is 5.32. The van der Waals surface area contributed by atoms with Crippen molar-refractivity contribution in [3.8, 4) is 0 Å². The topological polar surface area (TPSA) is 12.0 Å². The van der Waals surface area contributed by atoms with E-state index in [4.69, 9.17) is 0 Å². The van der Waals surface area contributed by atoms with E-state index in [-0.39, 0.29) is 0 Å². The third-order valence-corrected chi connectivity index (χ3v) is 4.08. The van der Waals surface area contributed by atoms with Crippen molar-refractivity contribution >= 4 is 0 Å². The van der Waals surface area contributed by atoms with Gasteiger partial charge in [-0.05, 0) is 43.2 Å². The Hall–Kier alpha value is -0.820. The van der Waals surface area contributed by atoms with Crippen LogP contribution in [0, 0.1) is 0 Å². The summed E-state index contributed by atoms with van der Waals surface area (Å²) < 4.78 is 0. The van der Waals surface area contributed by atoms with Gasteiger partial charge in [-0.3, -0.25) is 0 Å². The average Bonchev–Trinajstić information content (AvgIpc) is 2.40. The van der Waals surface area contributed by atoms with Crippen molar-refractivity contribution < 1.29 is 0 Å². The Labute approximate surface area is 112 Å². The standard InChI is InChI=1S/C17H27N/c1-3-8-15(9-4-2)18-17-13-7-11-14-10-5-6-12-16(14)17/h5-6,10,12,15,17-18H,3-4,7-9,11,13H2,1-2H3. The second-order valence-corrected chi connectivity index (χ2v) is 5.58. The van der Waals surface area contributed by atoms with E-state index in [1.807, 2.05) is 0 Å². The summed E-state index contributed by atoms with van der Waals surface area (Å²) in [6.07, 6.45) is 9.10. The van der Waals surface area contributed by atoms with Crippen molar-refractivity contribution in [2.24, 2.45) is 0 Å². The van der Waals surface area contributed by atoms with Crippen LogP contribution in [-0.4, -0.2) is 6.04 Å². The van der Waals surface area contributed by atoms with Gasteiger partial charge in [0.15, 0.2) is 0 Å². The molecule has 2 rings (SSSR count). The van der Waals surface area contributed by atoms with Crippen LogP contribution in [0.3, 0.4) is 0 Å². The minimum absolute atomic E-state index is 0.595. The molecule has 1 aliphatic rings. The largest absolute Gasteiger partial charge is 0.307 e. The van der Waals surface area contributed by atoms with Gasteiger partial charge in [-0.1, -0.05) is 51.0 Å². The summed E-state index contributed by atoms with van der Waals surface area (Å²) >= 11 is 0. The molecule has 1 heteroatoms. The summed E-state index contributed by atoms with van der Waals surface area (Å²) in [4.78, 5) is 0. The van der Waals surface area contributed by atoms with Crippen LogP contribution < -0.4 is 5.32 Å². The van der Waals surface area contributed by atoms with Crippen molar-refractivity contribution in [1.82, 2.24) is 5.32 Å². The molecule has 0 bridgehead atoms. The summed E-state index contributed by atoms with van der Waals surface area (Å²) in [5.41, 5.74) is 3.12. The molecule has 0 fully saturated rings. The molecule has 0 radical (unpaired) electrons. The highest BCUT2D eigenvalue weighted by Gasteiger charge is 2.21. The molecule has 1 atom stereocenters. The molecule has 1 aromatic rings. The molecule has 0 aliphatic heterocycles. The smallest absolute Gasteiger partial charge is 0.0325 e. The molecular formula is C17H27N. The Balaban J connectivity index is 2.05. The van der Waals surface area contributed by atoms with Gasteiger partial charge in [-0.15, -0.1) is 0 Å². The van der Waals surface area contributed by atoms with Crippen LogP contribution in [0.2, 0.25) is 0 Å². The van der Waals surface area contributed by atoms with Crippen LogP contribution in [0.25, 0.3) is 0 Å². The van der Waals surface area contributed by atoms with Crippen molar-refractivity contribution in [1.29, 1.82) is 0 Å². The minimum Gasteiger partial charge on any atom is -0.307 e. The molecule has 0 amide bonds. The normalized spacial score (nSPS) is 18.9. The maximum Gasteiger partial charge on any atom is 0.0325 e. The highest BCUT2D eigenvalue weighted by Crippen LogP contribution is 2.30. The Morgan fingerprint density at radius 3 is 2.61 bits per heavy atom. The van der Waals surface area contributed by atoms with Gasteiger partial charge in [0.25, 0.3) is 0 Å². The predicted molar refractivity (Wildman–Crippen MR) is 78.9 cm³/mol. The van der Waals surface area contributed by atoms with E-state index >= 15 is 0 Å². The predicted octanol–water partition coefficient (Wildman–Crippen LogP) is 4.62. The van der Waals surface area contributed by atoms with Gasteiger partial charge < -0.3 is 5.32 Å². The van der Waals surface area contributed by atoms with Crippen LogP contribution in [-0.2, 0) is 6.42 Å². The lowest BCUT2D eigenvalue weighted by molar-refractivity contribution is 0.360. The van der Waals surface area contributed by atoms with E-state index in [2.05, 4.69) is 43.4 Å². The fraction of sp³-hybridized carbons (Fsp3) is 0.647. The quantitative estimate of drug-likeness (QED) is 0.771. The molecule has 1 unspecified atom stereocenters. The molecule has 0 saturated carbocycles. The van der Waals surface area contributed by atoms with Gasteiger partial charge in [0, 0.05) is 12.1 Å². The Morgan fingerprint density at radius 1 is 1.17 bits per heavy atom. The molecule has 1 N–H and O–H groups in total. The van der Waals surface area contributed by atoms with E-state index in [0.29, 0.717) is 12.1 Å². The first-order chi connectivity index (χ1) is 8.85. The lowest BCUT2D eigenvalue weighted by atomic mass is 9.87. The van der Waals surface area contributed by atoms with Crippen LogP contribution in [0.15, 0.2) is 24.3 Å². The molecule has 1 aromatic carbocycles. The summed E-state index contributed by atoms with van der Waals surface area (Å²) in [6.45, 7) is 4.58. The Bertz CT molecular complexity index is 352. The third kappa shape index (κ3) is 3.35. The molecule has 0 aromatic heterocycles. The second-order valence-electron chi connectivity index (χ2n) is 5.58. The van der Waals surface area contributed by atoms with Crippen molar-refractivity contribution in [3.05, 3.63) is 35.4 Å². The van der Waals surface area contributed by atoms with Gasteiger partial charge in [0.2, 0.25) is 0 Å². The SMILES string of the molecule is CCCC(CCC)NC1CCCc2ccccc21. The fourth-order valence-corrected chi connectivity index (χ4v) is 3.22. The van der Waals surface area contributed by atoms with Gasteiger partial charge in [0.05, 0.1) is 0 Å². The molecule has 0 spiro atoms. The number of nitrogens with one attached hydrogen (secondary N) is 1. The fourth-order valence-electron chi connectivity index (χ4n) is 3.22. The van der Waals surface area contributed by atoms with Gasteiger partial charge >= 0.3 is 0 Å². The number of hydrogen-bond acceptors (Lipinski definition) is 1. The van der Waals surface area contributed by atoms with Crippen LogP contribution in [0.5, 0.6) is 0 Å². The lowest BCUT2D eigenvalue weighted by Crippen LogP contribution is -2.34. The molecule has 1 nitrogen and oxygen atoms in total. The maximum atomic E-state index is 3.91. The van der Waals surface area contributed by atoms with Gasteiger partial charge in [-0.2, -0.15) is 0 Å². The first-order valence-electron chi connectivity index (χ1n) is 7.69. The van der Waals surface area contributed by atoms with E-state index in [1.165, 1.54) is 44.9 Å². The lowest BCUT2D eigenvalue weighted by Gasteiger charge is -2.30. The van der Waals surface area contributed by atoms with E-state index < -0.39 is 0 Å². The first kappa shape index (κ1) is 13.6. The molecular weight excluding hydrogens is 218 g/mol. The Morgan fingerprint density at radius 2 is 1.89 bits per heavy atom. The summed E-state index contributed by atoms with van der Waals surface area (Å²) in [5.74, 6) is 0. The van der Waals surface area contributed by atoms with Gasteiger partial charge in [0.1, 0.15) is 0 Å². The number of aryl methyl sites for hydroxylation is 1. The maximum absolute atomic E-state index is 3.91. The van der Waals surface area contributed by atoms with E-state index in [9.17, 15) is 0 Å². The number of fused-ring (bicyclic) bond motifs is 1. The van der Waals surface area contributed by atoms with Crippen molar-refractivity contribution in [3.63, 3.8) is 0 Å². The van der Waals surface area contributed by atoms with E-state index in [0.717, 1.165) is 0 Å². The highest BCUT2D eigenvalue weighted by atomic mass is 15.0. The molecule has 1 aliphatic carbocycles. The van der Waals surface area contributed by atoms with Crippen LogP contribution in [0.4, 0.5) is 0 Å². The van der Waals surface area contributed by atoms with Gasteiger partial charge in [-0.25, -0.2) is 0 Å². The molecule has 0 saturated heterocycles. The minimum atomic E-state index is 0.595. The van der Waals surface area contributed by atoms with E-state index in [1.54, 1.807) is 11.1 Å². The van der Waals surface area contributed by atoms with Crippen molar-refractivity contribution in [2.45, 2.75) is 70.9 Å². The number of rotatable bonds is 6. The monoisotopic (exact) mass is 245 g/mol. The zero-order chi connectivity index (χ0) is 12.8. The first-order valence-corrected chi connectivity index (χ1v) is 7.69. The number of hydrogen-bond donors (Lipinski definition) is 1. The molecule has 100 valence electrons. The zero-order valence-corrected chi connectivity index (χ0v) is 11.9. The number of benzene rings is 1. The van der Waals surface area contributed by atoms with Crippen LogP contribution in [0.1, 0.15) is 69.5 Å². The molecule has 18 heavy (non-hydrogen) atoms. The summed E-state index contributed by atoms with van der Waals surface area (Å²) in [6, 6.07) is 10.3. The summed E-state index contributed by atoms with van der Waals surface area (Å²) in [5, 5.41) is 3.91. The third-order valence-electron chi connectivity index (χ3n) is 4.08. The zero-order valence-electron chi connectivity index (χ0n) is 11.9. The van der Waals surface area contributed by atoms with Crippen LogP contribution >= 0.6 is 0 Å². The van der Waals surface area contributed by atoms with Crippen molar-refractivity contribution in [2.75, 3.05) is 0 Å². The second kappa shape index (κ2) is 6.94. The Kier molecular flexibility index (Phi) is 5.25. The average molecular weight is 245 g/mol. The molecule has 0 heterocycles.